The fraction of sp³-hybridized carbons (Fsp3) is 0.577. The van der Waals surface area contributed by atoms with Crippen molar-refractivity contribution in [2.45, 2.75) is 73.9 Å². The van der Waals surface area contributed by atoms with Gasteiger partial charge in [0.2, 0.25) is 15.9 Å². The Morgan fingerprint density at radius 2 is 1.76 bits per heavy atom. The molecule has 3 unspecified atom stereocenters. The van der Waals surface area contributed by atoms with E-state index < -0.39 is 21.2 Å². The zero-order chi connectivity index (χ0) is 23.0. The second kappa shape index (κ2) is 7.27. The van der Waals surface area contributed by atoms with Crippen molar-refractivity contribution in [3.8, 4) is 0 Å². The highest BCUT2D eigenvalue weighted by atomic mass is 32.2. The molecule has 4 bridgehead atoms. The van der Waals surface area contributed by atoms with Gasteiger partial charge in [0.05, 0.1) is 10.5 Å². The van der Waals surface area contributed by atoms with Crippen molar-refractivity contribution in [3.05, 3.63) is 42.5 Å². The maximum Gasteiger partial charge on any atom is 0.244 e. The van der Waals surface area contributed by atoms with Gasteiger partial charge in [0, 0.05) is 18.0 Å². The standard InChI is InChI=1S/C26H32N2O4S/c1-25(24(29)27-23-19-12-17-13-20(23)16-26(30,14-17)15-19)10-5-11-28(25)33(31,32)22-9-4-7-18-6-2-3-8-21(18)22/h2-4,6-9,17,19-20,23,30H,5,10-16H2,1H3,(H,27,29). The molecule has 0 spiro atoms. The molecule has 6 nitrogen and oxygen atoms in total. The van der Waals surface area contributed by atoms with E-state index in [4.69, 9.17) is 0 Å². The topological polar surface area (TPSA) is 86.7 Å². The third kappa shape index (κ3) is 3.27. The summed E-state index contributed by atoms with van der Waals surface area (Å²) >= 11 is 0. The van der Waals surface area contributed by atoms with Crippen LogP contribution in [0.1, 0.15) is 51.9 Å². The van der Waals surface area contributed by atoms with Crippen LogP contribution in [0.4, 0.5) is 0 Å². The minimum absolute atomic E-state index is 0.0360. The number of amides is 1. The average molecular weight is 469 g/mol. The number of hydrogen-bond donors (Lipinski definition) is 2. The first-order valence-corrected chi connectivity index (χ1v) is 13.7. The first-order valence-electron chi connectivity index (χ1n) is 12.2. The third-order valence-corrected chi connectivity index (χ3v) is 11.0. The Hall–Kier alpha value is -1.96. The van der Waals surface area contributed by atoms with E-state index in [1.807, 2.05) is 30.3 Å². The molecule has 33 heavy (non-hydrogen) atoms. The predicted octanol–water partition coefficient (Wildman–Crippen LogP) is 3.44. The van der Waals surface area contributed by atoms with E-state index in [0.29, 0.717) is 42.5 Å². The van der Waals surface area contributed by atoms with E-state index >= 15 is 0 Å². The Bertz CT molecular complexity index is 1210. The van der Waals surface area contributed by atoms with Gasteiger partial charge in [-0.05, 0) is 81.1 Å². The normalized spacial score (nSPS) is 38.1. The van der Waals surface area contributed by atoms with Gasteiger partial charge >= 0.3 is 0 Å². The quantitative estimate of drug-likeness (QED) is 0.720. The van der Waals surface area contributed by atoms with Crippen molar-refractivity contribution in [3.63, 3.8) is 0 Å². The number of aliphatic hydroxyl groups is 1. The molecule has 1 heterocycles. The van der Waals surface area contributed by atoms with Crippen LogP contribution in [0.5, 0.6) is 0 Å². The fourth-order valence-corrected chi connectivity index (χ4v) is 9.64. The zero-order valence-corrected chi connectivity index (χ0v) is 19.9. The van der Waals surface area contributed by atoms with Gasteiger partial charge in [0.1, 0.15) is 5.54 Å². The molecule has 0 aromatic heterocycles. The molecule has 4 saturated carbocycles. The molecule has 3 atom stereocenters. The predicted molar refractivity (Wildman–Crippen MR) is 126 cm³/mol. The van der Waals surface area contributed by atoms with Crippen LogP contribution in [0.3, 0.4) is 0 Å². The van der Waals surface area contributed by atoms with Crippen LogP contribution >= 0.6 is 0 Å². The molecular weight excluding hydrogens is 436 g/mol. The molecule has 2 aromatic rings. The van der Waals surface area contributed by atoms with Gasteiger partial charge in [-0.3, -0.25) is 4.79 Å². The molecule has 2 N–H and O–H groups in total. The molecule has 1 aliphatic heterocycles. The lowest BCUT2D eigenvalue weighted by molar-refractivity contribution is -0.150. The van der Waals surface area contributed by atoms with Gasteiger partial charge in [0.15, 0.2) is 0 Å². The number of benzene rings is 2. The molecule has 7 rings (SSSR count). The van der Waals surface area contributed by atoms with Gasteiger partial charge in [0.25, 0.3) is 0 Å². The summed E-state index contributed by atoms with van der Waals surface area (Å²) in [4.78, 5) is 14.0. The Kier molecular flexibility index (Phi) is 4.75. The van der Waals surface area contributed by atoms with Crippen LogP contribution in [0.2, 0.25) is 0 Å². The largest absolute Gasteiger partial charge is 0.390 e. The first kappa shape index (κ1) is 21.6. The van der Waals surface area contributed by atoms with E-state index in [1.54, 1.807) is 19.1 Å². The fourth-order valence-electron chi connectivity index (χ4n) is 7.61. The van der Waals surface area contributed by atoms with E-state index in [0.717, 1.165) is 37.5 Å². The summed E-state index contributed by atoms with van der Waals surface area (Å²) in [5, 5.41) is 15.7. The SMILES string of the molecule is CC1(C(=O)NC2C3CC4CC2CC(O)(C4)C3)CCCN1S(=O)(=O)c1cccc2ccccc12. The van der Waals surface area contributed by atoms with Crippen molar-refractivity contribution in [2.75, 3.05) is 6.54 Å². The number of hydrogen-bond acceptors (Lipinski definition) is 4. The molecule has 2 aromatic carbocycles. The molecule has 4 aliphatic carbocycles. The van der Waals surface area contributed by atoms with Crippen LogP contribution < -0.4 is 5.32 Å². The van der Waals surface area contributed by atoms with Gasteiger partial charge < -0.3 is 10.4 Å². The summed E-state index contributed by atoms with van der Waals surface area (Å²) in [7, 11) is -3.86. The Balaban J connectivity index is 1.29. The molecule has 176 valence electrons. The van der Waals surface area contributed by atoms with Crippen molar-refractivity contribution >= 4 is 26.7 Å². The lowest BCUT2D eigenvalue weighted by Crippen LogP contribution is -2.65. The number of fused-ring (bicyclic) bond motifs is 1. The van der Waals surface area contributed by atoms with Crippen molar-refractivity contribution < 1.29 is 18.3 Å². The second-order valence-corrected chi connectivity index (χ2v) is 13.0. The summed E-state index contributed by atoms with van der Waals surface area (Å²) in [5.41, 5.74) is -1.67. The van der Waals surface area contributed by atoms with E-state index in [9.17, 15) is 18.3 Å². The maximum absolute atomic E-state index is 13.9. The summed E-state index contributed by atoms with van der Waals surface area (Å²) in [5.74, 6) is 0.955. The first-order chi connectivity index (χ1) is 15.7. The number of nitrogens with one attached hydrogen (secondary N) is 1. The van der Waals surface area contributed by atoms with Crippen LogP contribution in [0.25, 0.3) is 10.8 Å². The molecular formula is C26H32N2O4S. The van der Waals surface area contributed by atoms with Crippen LogP contribution in [-0.4, -0.2) is 47.5 Å². The number of nitrogens with zero attached hydrogens (tertiary/aromatic N) is 1. The van der Waals surface area contributed by atoms with Crippen LogP contribution in [-0.2, 0) is 14.8 Å². The van der Waals surface area contributed by atoms with Crippen LogP contribution in [0, 0.1) is 17.8 Å². The number of rotatable bonds is 4. The summed E-state index contributed by atoms with van der Waals surface area (Å²) in [6.45, 7) is 2.12. The molecule has 1 saturated heterocycles. The summed E-state index contributed by atoms with van der Waals surface area (Å²) < 4.78 is 29.2. The number of carbonyl (C=O) groups excluding carboxylic acids is 1. The third-order valence-electron chi connectivity index (χ3n) is 8.92. The van der Waals surface area contributed by atoms with Gasteiger partial charge in [-0.1, -0.05) is 36.4 Å². The van der Waals surface area contributed by atoms with E-state index in [1.165, 1.54) is 4.31 Å². The minimum Gasteiger partial charge on any atom is -0.390 e. The van der Waals surface area contributed by atoms with E-state index in [2.05, 4.69) is 5.32 Å². The van der Waals surface area contributed by atoms with Crippen LogP contribution in [0.15, 0.2) is 47.4 Å². The molecule has 5 fully saturated rings. The maximum atomic E-state index is 13.9. The summed E-state index contributed by atoms with van der Waals surface area (Å²) in [6, 6.07) is 12.8. The van der Waals surface area contributed by atoms with Gasteiger partial charge in [-0.15, -0.1) is 0 Å². The molecule has 1 amide bonds. The monoisotopic (exact) mass is 468 g/mol. The zero-order valence-electron chi connectivity index (χ0n) is 19.0. The average Bonchev–Trinajstić information content (AvgIpc) is 3.18. The number of carbonyl (C=O) groups is 1. The number of sulfonamides is 1. The molecule has 7 heteroatoms. The minimum atomic E-state index is -3.86. The van der Waals surface area contributed by atoms with Crippen molar-refractivity contribution in [1.29, 1.82) is 0 Å². The summed E-state index contributed by atoms with van der Waals surface area (Å²) in [6.07, 6.45) is 5.68. The molecule has 5 aliphatic rings. The molecule has 0 radical (unpaired) electrons. The van der Waals surface area contributed by atoms with Gasteiger partial charge in [-0.25, -0.2) is 8.42 Å². The lowest BCUT2D eigenvalue weighted by atomic mass is 9.52. The van der Waals surface area contributed by atoms with Crippen molar-refractivity contribution in [1.82, 2.24) is 9.62 Å². The van der Waals surface area contributed by atoms with Crippen molar-refractivity contribution in [2.24, 2.45) is 17.8 Å². The highest BCUT2D eigenvalue weighted by molar-refractivity contribution is 7.89. The lowest BCUT2D eigenvalue weighted by Gasteiger charge is -2.58. The highest BCUT2D eigenvalue weighted by Crippen LogP contribution is 2.55. The Labute approximate surface area is 195 Å². The Morgan fingerprint density at radius 3 is 2.48 bits per heavy atom. The smallest absolute Gasteiger partial charge is 0.244 e. The second-order valence-electron chi connectivity index (χ2n) is 11.1. The Morgan fingerprint density at radius 1 is 1.06 bits per heavy atom. The van der Waals surface area contributed by atoms with E-state index in [-0.39, 0.29) is 16.8 Å². The highest BCUT2D eigenvalue weighted by Gasteiger charge is 2.57. The van der Waals surface area contributed by atoms with Gasteiger partial charge in [-0.2, -0.15) is 4.31 Å².